The quantitative estimate of drug-likeness (QED) is 0.350. The zero-order chi connectivity index (χ0) is 22.7. The second-order valence-corrected chi connectivity index (χ2v) is 7.90. The molecule has 0 spiro atoms. The van der Waals surface area contributed by atoms with Gasteiger partial charge in [-0.1, -0.05) is 36.4 Å². The van der Waals surface area contributed by atoms with Crippen LogP contribution in [0.5, 0.6) is 0 Å². The number of benzene rings is 1. The number of carbonyl (C=O) groups is 5. The zero-order valence-corrected chi connectivity index (χ0v) is 18.0. The number of esters is 1. The van der Waals surface area contributed by atoms with Gasteiger partial charge in [-0.3, -0.25) is 24.0 Å². The van der Waals surface area contributed by atoms with Crippen LogP contribution in [0.15, 0.2) is 36.4 Å². The van der Waals surface area contributed by atoms with E-state index in [0.717, 1.165) is 5.56 Å². The molecule has 0 radical (unpaired) electrons. The normalized spacial score (nSPS) is 18.3. The highest BCUT2D eigenvalue weighted by Crippen LogP contribution is 2.46. The van der Waals surface area contributed by atoms with Crippen molar-refractivity contribution in [2.75, 3.05) is 6.61 Å². The Hall–Kier alpha value is -2.89. The van der Waals surface area contributed by atoms with Gasteiger partial charge in [0.05, 0.1) is 18.4 Å². The van der Waals surface area contributed by atoms with Gasteiger partial charge >= 0.3 is 5.97 Å². The summed E-state index contributed by atoms with van der Waals surface area (Å²) in [6.07, 6.45) is 0.0967. The predicted octanol–water partition coefficient (Wildman–Crippen LogP) is 3.45. The number of carbonyl (C=O) groups excluding carboxylic acids is 5. The van der Waals surface area contributed by atoms with Crippen molar-refractivity contribution in [3.8, 4) is 0 Å². The Morgan fingerprint density at radius 1 is 1.10 bits per heavy atom. The van der Waals surface area contributed by atoms with Crippen molar-refractivity contribution in [1.29, 1.82) is 0 Å². The maximum Gasteiger partial charge on any atom is 0.307 e. The van der Waals surface area contributed by atoms with Crippen molar-refractivity contribution >= 4 is 29.1 Å². The van der Waals surface area contributed by atoms with Gasteiger partial charge in [-0.25, -0.2) is 0 Å². The number of ketones is 4. The number of allylic oxidation sites excluding steroid dienone is 1. The fraction of sp³-hybridized carbons (Fsp3) is 0.458. The monoisotopic (exact) mass is 412 g/mol. The molecule has 1 aliphatic rings. The summed E-state index contributed by atoms with van der Waals surface area (Å²) >= 11 is 0. The Kier molecular flexibility index (Phi) is 6.91. The molecule has 0 heterocycles. The molecule has 1 atom stereocenters. The number of ether oxygens (including phenoxy) is 1. The average molecular weight is 412 g/mol. The largest absolute Gasteiger partial charge is 0.466 e. The van der Waals surface area contributed by atoms with Crippen LogP contribution in [0.3, 0.4) is 0 Å². The average Bonchev–Trinajstić information content (AvgIpc) is 2.67. The lowest BCUT2D eigenvalue weighted by Gasteiger charge is -2.39. The van der Waals surface area contributed by atoms with Crippen molar-refractivity contribution in [2.24, 2.45) is 10.8 Å². The summed E-state index contributed by atoms with van der Waals surface area (Å²) in [5, 5.41) is 0. The van der Waals surface area contributed by atoms with Crippen LogP contribution in [0, 0.1) is 10.8 Å². The minimum absolute atomic E-state index is 0.0958. The summed E-state index contributed by atoms with van der Waals surface area (Å²) in [5.41, 5.74) is -1.82. The van der Waals surface area contributed by atoms with Gasteiger partial charge < -0.3 is 4.74 Å². The number of fused-ring (bicyclic) bond motifs is 1. The fourth-order valence-corrected chi connectivity index (χ4v) is 4.37. The van der Waals surface area contributed by atoms with Crippen LogP contribution in [0.1, 0.15) is 62.9 Å². The Balaban J connectivity index is 2.52. The first kappa shape index (κ1) is 23.4. The Labute approximate surface area is 176 Å². The Morgan fingerprint density at radius 2 is 1.70 bits per heavy atom. The van der Waals surface area contributed by atoms with Crippen LogP contribution in [0.25, 0.3) is 0 Å². The molecule has 0 N–H and O–H groups in total. The van der Waals surface area contributed by atoms with Crippen molar-refractivity contribution < 1.29 is 28.7 Å². The van der Waals surface area contributed by atoms with Gasteiger partial charge in [-0.05, 0) is 52.5 Å². The molecule has 1 aromatic carbocycles. The number of hydrogen-bond acceptors (Lipinski definition) is 6. The molecule has 2 rings (SSSR count). The predicted molar refractivity (Wildman–Crippen MR) is 111 cm³/mol. The molecular weight excluding hydrogens is 384 g/mol. The lowest BCUT2D eigenvalue weighted by atomic mass is 9.60. The van der Waals surface area contributed by atoms with E-state index in [1.807, 2.05) is 12.1 Å². The van der Waals surface area contributed by atoms with E-state index in [2.05, 4.69) is 6.58 Å². The van der Waals surface area contributed by atoms with Gasteiger partial charge in [0.2, 0.25) is 0 Å². The van der Waals surface area contributed by atoms with Crippen molar-refractivity contribution in [3.63, 3.8) is 0 Å². The highest BCUT2D eigenvalue weighted by Gasteiger charge is 2.52. The maximum absolute atomic E-state index is 13.4. The lowest BCUT2D eigenvalue weighted by molar-refractivity contribution is -0.151. The summed E-state index contributed by atoms with van der Waals surface area (Å²) in [7, 11) is 0. The molecule has 1 aromatic rings. The first-order chi connectivity index (χ1) is 14.0. The molecule has 1 unspecified atom stereocenters. The smallest absolute Gasteiger partial charge is 0.307 e. The molecule has 0 aliphatic heterocycles. The molecule has 1 aliphatic carbocycles. The van der Waals surface area contributed by atoms with E-state index < -0.39 is 34.8 Å². The van der Waals surface area contributed by atoms with Crippen molar-refractivity contribution in [3.05, 3.63) is 47.5 Å². The molecule has 0 fully saturated rings. The van der Waals surface area contributed by atoms with Crippen LogP contribution in [0.4, 0.5) is 0 Å². The Morgan fingerprint density at radius 3 is 2.23 bits per heavy atom. The summed E-state index contributed by atoms with van der Waals surface area (Å²) < 4.78 is 4.96. The van der Waals surface area contributed by atoms with Gasteiger partial charge in [0.1, 0.15) is 22.8 Å². The van der Waals surface area contributed by atoms with Gasteiger partial charge in [-0.15, -0.1) is 0 Å². The van der Waals surface area contributed by atoms with E-state index in [1.54, 1.807) is 19.1 Å². The minimum Gasteiger partial charge on any atom is -0.466 e. The second kappa shape index (κ2) is 8.86. The number of Topliss-reactive ketones (excluding diaryl/α,β-unsaturated/α-hetero) is 4. The topological polar surface area (TPSA) is 94.6 Å². The number of hydrogen-bond donors (Lipinski definition) is 0. The van der Waals surface area contributed by atoms with Gasteiger partial charge in [0.25, 0.3) is 0 Å². The molecular formula is C24H28O6. The summed E-state index contributed by atoms with van der Waals surface area (Å²) in [6.45, 7) is 9.43. The number of rotatable bonds is 9. The van der Waals surface area contributed by atoms with Crippen LogP contribution >= 0.6 is 0 Å². The van der Waals surface area contributed by atoms with Crippen LogP contribution in [-0.4, -0.2) is 35.7 Å². The molecule has 160 valence electrons. The zero-order valence-electron chi connectivity index (χ0n) is 18.0. The van der Waals surface area contributed by atoms with Gasteiger partial charge in [0.15, 0.2) is 5.78 Å². The summed E-state index contributed by atoms with van der Waals surface area (Å²) in [4.78, 5) is 63.6. The molecule has 0 bridgehead atoms. The third-order valence-electron chi connectivity index (χ3n) is 6.23. The van der Waals surface area contributed by atoms with Crippen molar-refractivity contribution in [2.45, 2.75) is 53.4 Å². The molecule has 0 amide bonds. The first-order valence-corrected chi connectivity index (χ1v) is 10.0. The Bertz CT molecular complexity index is 911. The van der Waals surface area contributed by atoms with E-state index in [-0.39, 0.29) is 36.6 Å². The van der Waals surface area contributed by atoms with Crippen LogP contribution in [-0.2, 0) is 30.3 Å². The van der Waals surface area contributed by atoms with E-state index in [1.165, 1.54) is 20.8 Å². The molecule has 6 heteroatoms. The molecule has 6 nitrogen and oxygen atoms in total. The SMILES string of the molecule is C=C(CC1(C(C)=O)CCc2ccccc2C1=O)C(CC(=O)OCC)(C(C)=O)C(C)=O. The molecule has 0 saturated heterocycles. The third kappa shape index (κ3) is 3.91. The maximum atomic E-state index is 13.4. The molecule has 0 saturated carbocycles. The number of aryl methyl sites for hydroxylation is 1. The fourth-order valence-electron chi connectivity index (χ4n) is 4.37. The minimum atomic E-state index is -1.83. The lowest BCUT2D eigenvalue weighted by Crippen LogP contribution is -2.47. The van der Waals surface area contributed by atoms with E-state index >= 15 is 0 Å². The summed E-state index contributed by atoms with van der Waals surface area (Å²) in [6, 6.07) is 7.10. The van der Waals surface area contributed by atoms with Crippen LogP contribution in [0.2, 0.25) is 0 Å². The van der Waals surface area contributed by atoms with E-state index in [9.17, 15) is 24.0 Å². The van der Waals surface area contributed by atoms with Crippen molar-refractivity contribution in [1.82, 2.24) is 0 Å². The summed E-state index contributed by atoms with van der Waals surface area (Å²) in [5.74, 6) is -2.51. The van der Waals surface area contributed by atoms with Gasteiger partial charge in [-0.2, -0.15) is 0 Å². The van der Waals surface area contributed by atoms with Crippen LogP contribution < -0.4 is 0 Å². The highest BCUT2D eigenvalue weighted by atomic mass is 16.5. The standard InChI is InChI=1S/C24H28O6/c1-6-30-21(28)14-24(17(4)26,18(5)27)15(2)13-23(16(3)25)12-11-19-9-7-8-10-20(19)22(23)29/h7-10H,2,6,11-14H2,1,3-5H3. The first-order valence-electron chi connectivity index (χ1n) is 10.0. The highest BCUT2D eigenvalue weighted by molar-refractivity contribution is 6.16. The molecule has 30 heavy (non-hydrogen) atoms. The second-order valence-electron chi connectivity index (χ2n) is 7.90. The third-order valence-corrected chi connectivity index (χ3v) is 6.23. The van der Waals surface area contributed by atoms with Gasteiger partial charge in [0, 0.05) is 5.56 Å². The van der Waals surface area contributed by atoms with E-state index in [4.69, 9.17) is 4.74 Å². The molecule has 0 aromatic heterocycles. The van der Waals surface area contributed by atoms with E-state index in [0.29, 0.717) is 12.0 Å².